The van der Waals surface area contributed by atoms with Gasteiger partial charge in [0.15, 0.2) is 0 Å². The molecule has 6 heteroatoms. The summed E-state index contributed by atoms with van der Waals surface area (Å²) in [5, 5.41) is 0. The number of carbonyl (C=O) groups is 1. The molecule has 1 aromatic carbocycles. The third-order valence-corrected chi connectivity index (χ3v) is 2.15. The molecule has 0 saturated carbocycles. The van der Waals surface area contributed by atoms with E-state index >= 15 is 0 Å². The van der Waals surface area contributed by atoms with E-state index in [1.165, 1.54) is 19.2 Å². The maximum atomic E-state index is 11.9. The lowest BCUT2D eigenvalue weighted by Crippen LogP contribution is -2.11. The van der Waals surface area contributed by atoms with Crippen LogP contribution in [0.4, 0.5) is 13.2 Å². The maximum Gasteiger partial charge on any atom is 0.389 e. The standard InChI is InChI=1S/C12H13F3O3/c1-17-11(16)9-5-2-3-6-10(9)18-8-4-7-12(13,14)15/h2-3,5-6H,4,7-8H2,1H3. The molecule has 0 aliphatic heterocycles. The molecular formula is C12H13F3O3. The molecule has 0 aromatic heterocycles. The molecule has 0 saturated heterocycles. The highest BCUT2D eigenvalue weighted by molar-refractivity contribution is 5.92. The zero-order chi connectivity index (χ0) is 13.6. The number of para-hydroxylation sites is 1. The summed E-state index contributed by atoms with van der Waals surface area (Å²) in [6.07, 6.45) is -5.25. The van der Waals surface area contributed by atoms with Gasteiger partial charge in [-0.1, -0.05) is 12.1 Å². The fourth-order valence-electron chi connectivity index (χ4n) is 1.33. The molecule has 0 heterocycles. The Morgan fingerprint density at radius 3 is 2.56 bits per heavy atom. The molecule has 0 aliphatic carbocycles. The smallest absolute Gasteiger partial charge is 0.389 e. The van der Waals surface area contributed by atoms with Crippen molar-refractivity contribution in [1.29, 1.82) is 0 Å². The largest absolute Gasteiger partial charge is 0.493 e. The van der Waals surface area contributed by atoms with Crippen LogP contribution >= 0.6 is 0 Å². The van der Waals surface area contributed by atoms with Gasteiger partial charge in [-0.25, -0.2) is 4.79 Å². The van der Waals surface area contributed by atoms with Crippen molar-refractivity contribution in [1.82, 2.24) is 0 Å². The van der Waals surface area contributed by atoms with Crippen LogP contribution in [0.15, 0.2) is 24.3 Å². The second kappa shape index (κ2) is 6.28. The minimum absolute atomic E-state index is 0.104. The number of methoxy groups -OCH3 is 1. The molecule has 0 radical (unpaired) electrons. The summed E-state index contributed by atoms with van der Waals surface area (Å²) in [6.45, 7) is -0.104. The second-order valence-electron chi connectivity index (χ2n) is 3.55. The van der Waals surface area contributed by atoms with Crippen LogP contribution in [0.5, 0.6) is 5.75 Å². The quantitative estimate of drug-likeness (QED) is 0.604. The number of esters is 1. The van der Waals surface area contributed by atoms with Crippen molar-refractivity contribution in [2.45, 2.75) is 19.0 Å². The van der Waals surface area contributed by atoms with Crippen LogP contribution in [0.2, 0.25) is 0 Å². The highest BCUT2D eigenvalue weighted by Gasteiger charge is 2.26. The van der Waals surface area contributed by atoms with E-state index in [9.17, 15) is 18.0 Å². The van der Waals surface area contributed by atoms with Gasteiger partial charge in [-0.15, -0.1) is 0 Å². The molecule has 0 spiro atoms. The van der Waals surface area contributed by atoms with Gasteiger partial charge >= 0.3 is 12.1 Å². The molecule has 0 atom stereocenters. The molecule has 100 valence electrons. The lowest BCUT2D eigenvalue weighted by atomic mass is 10.2. The first kappa shape index (κ1) is 14.3. The maximum absolute atomic E-state index is 11.9. The zero-order valence-electron chi connectivity index (χ0n) is 9.79. The van der Waals surface area contributed by atoms with Crippen LogP contribution in [0, 0.1) is 0 Å². The van der Waals surface area contributed by atoms with Crippen molar-refractivity contribution >= 4 is 5.97 Å². The fourth-order valence-corrected chi connectivity index (χ4v) is 1.33. The first-order valence-electron chi connectivity index (χ1n) is 5.31. The fraction of sp³-hybridized carbons (Fsp3) is 0.417. The van der Waals surface area contributed by atoms with E-state index in [4.69, 9.17) is 4.74 Å². The molecule has 0 amide bonds. The summed E-state index contributed by atoms with van der Waals surface area (Å²) >= 11 is 0. The Morgan fingerprint density at radius 1 is 1.28 bits per heavy atom. The lowest BCUT2D eigenvalue weighted by molar-refractivity contribution is -0.136. The predicted octanol–water partition coefficient (Wildman–Crippen LogP) is 3.19. The number of rotatable bonds is 5. The number of halogens is 3. The van der Waals surface area contributed by atoms with Crippen molar-refractivity contribution in [2.75, 3.05) is 13.7 Å². The van der Waals surface area contributed by atoms with Gasteiger partial charge in [-0.2, -0.15) is 13.2 Å². The summed E-state index contributed by atoms with van der Waals surface area (Å²) in [6, 6.07) is 6.26. The number of hydrogen-bond donors (Lipinski definition) is 0. The van der Waals surface area contributed by atoms with Gasteiger partial charge in [0, 0.05) is 6.42 Å². The molecule has 0 N–H and O–H groups in total. The molecule has 1 rings (SSSR count). The molecule has 3 nitrogen and oxygen atoms in total. The predicted molar refractivity (Wildman–Crippen MR) is 58.6 cm³/mol. The van der Waals surface area contributed by atoms with Crippen LogP contribution in [-0.4, -0.2) is 25.9 Å². The Balaban J connectivity index is 2.54. The van der Waals surface area contributed by atoms with E-state index in [0.717, 1.165) is 0 Å². The first-order chi connectivity index (χ1) is 8.44. The highest BCUT2D eigenvalue weighted by Crippen LogP contribution is 2.23. The SMILES string of the molecule is COC(=O)c1ccccc1OCCCC(F)(F)F. The van der Waals surface area contributed by atoms with E-state index in [0.29, 0.717) is 0 Å². The number of ether oxygens (including phenoxy) is 2. The molecule has 18 heavy (non-hydrogen) atoms. The van der Waals surface area contributed by atoms with Crippen molar-refractivity contribution < 1.29 is 27.4 Å². The third kappa shape index (κ3) is 4.65. The monoisotopic (exact) mass is 262 g/mol. The average molecular weight is 262 g/mol. The lowest BCUT2D eigenvalue weighted by Gasteiger charge is -2.10. The second-order valence-corrected chi connectivity index (χ2v) is 3.55. The summed E-state index contributed by atoms with van der Waals surface area (Å²) in [5.41, 5.74) is 0.201. The van der Waals surface area contributed by atoms with E-state index in [1.807, 2.05) is 0 Å². The first-order valence-corrected chi connectivity index (χ1v) is 5.31. The minimum Gasteiger partial charge on any atom is -0.493 e. The summed E-state index contributed by atoms with van der Waals surface area (Å²) in [5.74, 6) is -0.354. The van der Waals surface area contributed by atoms with Crippen LogP contribution < -0.4 is 4.74 Å². The van der Waals surface area contributed by atoms with E-state index in [-0.39, 0.29) is 24.3 Å². The molecule has 0 fully saturated rings. The van der Waals surface area contributed by atoms with Gasteiger partial charge < -0.3 is 9.47 Å². The van der Waals surface area contributed by atoms with Gasteiger partial charge in [0.2, 0.25) is 0 Å². The Labute approximate surface area is 103 Å². The Kier molecular flexibility index (Phi) is 5.00. The van der Waals surface area contributed by atoms with Gasteiger partial charge in [0.05, 0.1) is 13.7 Å². The Bertz CT molecular complexity index is 402. The van der Waals surface area contributed by atoms with Crippen LogP contribution in [0.3, 0.4) is 0 Å². The number of carbonyl (C=O) groups excluding carboxylic acids is 1. The van der Waals surface area contributed by atoms with Crippen molar-refractivity contribution in [2.24, 2.45) is 0 Å². The number of alkyl halides is 3. The molecule has 0 unspecified atom stereocenters. The molecular weight excluding hydrogens is 249 g/mol. The van der Waals surface area contributed by atoms with Gasteiger partial charge in [-0.05, 0) is 18.6 Å². The van der Waals surface area contributed by atoms with Crippen LogP contribution in [0.1, 0.15) is 23.2 Å². The van der Waals surface area contributed by atoms with Crippen LogP contribution in [0.25, 0.3) is 0 Å². The summed E-state index contributed by atoms with van der Waals surface area (Å²) in [4.78, 5) is 11.3. The highest BCUT2D eigenvalue weighted by atomic mass is 19.4. The van der Waals surface area contributed by atoms with E-state index in [1.54, 1.807) is 12.1 Å². The molecule has 0 aliphatic rings. The van der Waals surface area contributed by atoms with Gasteiger partial charge in [-0.3, -0.25) is 0 Å². The van der Waals surface area contributed by atoms with E-state index in [2.05, 4.69) is 4.74 Å². The summed E-state index contributed by atoms with van der Waals surface area (Å²) < 4.78 is 45.4. The zero-order valence-corrected chi connectivity index (χ0v) is 9.79. The third-order valence-electron chi connectivity index (χ3n) is 2.15. The van der Waals surface area contributed by atoms with Crippen molar-refractivity contribution in [3.63, 3.8) is 0 Å². The Hall–Kier alpha value is -1.72. The molecule has 0 bridgehead atoms. The average Bonchev–Trinajstić information content (AvgIpc) is 2.33. The van der Waals surface area contributed by atoms with Crippen molar-refractivity contribution in [3.05, 3.63) is 29.8 Å². The van der Waals surface area contributed by atoms with Gasteiger partial charge in [0.25, 0.3) is 0 Å². The Morgan fingerprint density at radius 2 is 1.94 bits per heavy atom. The van der Waals surface area contributed by atoms with Gasteiger partial charge in [0.1, 0.15) is 11.3 Å². The number of benzene rings is 1. The normalized spacial score (nSPS) is 11.1. The van der Waals surface area contributed by atoms with E-state index < -0.39 is 18.6 Å². The summed E-state index contributed by atoms with van der Waals surface area (Å²) in [7, 11) is 1.22. The number of hydrogen-bond acceptors (Lipinski definition) is 3. The molecule has 1 aromatic rings. The van der Waals surface area contributed by atoms with Crippen LogP contribution in [-0.2, 0) is 4.74 Å². The minimum atomic E-state index is -4.19. The topological polar surface area (TPSA) is 35.5 Å². The van der Waals surface area contributed by atoms with Crippen molar-refractivity contribution in [3.8, 4) is 5.75 Å².